The van der Waals surface area contributed by atoms with Gasteiger partial charge in [0.1, 0.15) is 5.92 Å². The second-order valence-electron chi connectivity index (χ2n) is 4.74. The number of rotatable bonds is 2. The van der Waals surface area contributed by atoms with Crippen LogP contribution in [0.1, 0.15) is 19.3 Å². The maximum absolute atomic E-state index is 11.4. The lowest BCUT2D eigenvalue weighted by Crippen LogP contribution is -2.49. The van der Waals surface area contributed by atoms with E-state index in [1.165, 1.54) is 0 Å². The molecule has 2 aliphatic rings. The minimum absolute atomic E-state index is 0.312. The van der Waals surface area contributed by atoms with Gasteiger partial charge in [-0.2, -0.15) is 0 Å². The maximum Gasteiger partial charge on any atom is 0.316 e. The van der Waals surface area contributed by atoms with Gasteiger partial charge in [0.15, 0.2) is 0 Å². The summed E-state index contributed by atoms with van der Waals surface area (Å²) in [4.78, 5) is 22.3. The summed E-state index contributed by atoms with van der Waals surface area (Å²) in [6.07, 6.45) is 2.78. The van der Waals surface area contributed by atoms with E-state index in [-0.39, 0.29) is 5.91 Å². The third-order valence-corrected chi connectivity index (χ3v) is 3.69. The minimum Gasteiger partial charge on any atom is -0.481 e. The Hall–Kier alpha value is -1.10. The molecule has 0 aromatic rings. The second-order valence-corrected chi connectivity index (χ2v) is 4.74. The van der Waals surface area contributed by atoms with Crippen LogP contribution in [0.5, 0.6) is 0 Å². The SMILES string of the molecule is O=C(O)C1CC(C2CCCNC2)CNC1=O. The van der Waals surface area contributed by atoms with Crippen LogP contribution in [-0.2, 0) is 9.59 Å². The van der Waals surface area contributed by atoms with Crippen molar-refractivity contribution >= 4 is 11.9 Å². The molecule has 5 nitrogen and oxygen atoms in total. The summed E-state index contributed by atoms with van der Waals surface area (Å²) < 4.78 is 0. The van der Waals surface area contributed by atoms with E-state index in [9.17, 15) is 9.59 Å². The molecule has 2 saturated heterocycles. The van der Waals surface area contributed by atoms with Crippen molar-refractivity contribution in [1.29, 1.82) is 0 Å². The van der Waals surface area contributed by atoms with Crippen molar-refractivity contribution < 1.29 is 14.7 Å². The average Bonchev–Trinajstić information content (AvgIpc) is 2.30. The van der Waals surface area contributed by atoms with E-state index in [2.05, 4.69) is 10.6 Å². The molecule has 2 fully saturated rings. The van der Waals surface area contributed by atoms with Crippen molar-refractivity contribution in [2.45, 2.75) is 19.3 Å². The van der Waals surface area contributed by atoms with Gasteiger partial charge in [-0.05, 0) is 44.2 Å². The van der Waals surface area contributed by atoms with Gasteiger partial charge in [0, 0.05) is 6.54 Å². The first kappa shape index (κ1) is 11.4. The Balaban J connectivity index is 1.96. The number of carbonyl (C=O) groups is 2. The molecule has 3 atom stereocenters. The summed E-state index contributed by atoms with van der Waals surface area (Å²) in [5, 5.41) is 15.0. The van der Waals surface area contributed by atoms with Crippen LogP contribution in [0.4, 0.5) is 0 Å². The van der Waals surface area contributed by atoms with Gasteiger partial charge in [-0.3, -0.25) is 9.59 Å². The highest BCUT2D eigenvalue weighted by molar-refractivity contribution is 5.97. The summed E-state index contributed by atoms with van der Waals surface area (Å²) >= 11 is 0. The van der Waals surface area contributed by atoms with Gasteiger partial charge in [-0.15, -0.1) is 0 Å². The predicted molar refractivity (Wildman–Crippen MR) is 57.8 cm³/mol. The Morgan fingerprint density at radius 2 is 2.12 bits per heavy atom. The number of carboxylic acids is 1. The Morgan fingerprint density at radius 3 is 2.75 bits per heavy atom. The highest BCUT2D eigenvalue weighted by Gasteiger charge is 2.37. The molecule has 2 heterocycles. The first-order valence-electron chi connectivity index (χ1n) is 5.89. The van der Waals surface area contributed by atoms with E-state index >= 15 is 0 Å². The smallest absolute Gasteiger partial charge is 0.316 e. The number of hydrogen-bond acceptors (Lipinski definition) is 3. The normalized spacial score (nSPS) is 35.5. The van der Waals surface area contributed by atoms with Crippen LogP contribution in [0, 0.1) is 17.8 Å². The summed E-state index contributed by atoms with van der Waals surface area (Å²) in [5.74, 6) is -1.35. The number of hydrogen-bond donors (Lipinski definition) is 3. The van der Waals surface area contributed by atoms with E-state index in [0.717, 1.165) is 25.9 Å². The van der Waals surface area contributed by atoms with Gasteiger partial charge in [0.25, 0.3) is 0 Å². The Bertz CT molecular complexity index is 287. The quantitative estimate of drug-likeness (QED) is 0.571. The molecule has 0 aromatic heterocycles. The fourth-order valence-corrected chi connectivity index (χ4v) is 2.70. The van der Waals surface area contributed by atoms with Crippen molar-refractivity contribution in [3.05, 3.63) is 0 Å². The monoisotopic (exact) mass is 226 g/mol. The fraction of sp³-hybridized carbons (Fsp3) is 0.818. The van der Waals surface area contributed by atoms with Crippen molar-refractivity contribution in [3.8, 4) is 0 Å². The number of aliphatic carboxylic acids is 1. The van der Waals surface area contributed by atoms with Crippen LogP contribution < -0.4 is 10.6 Å². The summed E-state index contributed by atoms with van der Waals surface area (Å²) in [5.41, 5.74) is 0. The molecule has 1 amide bonds. The number of carbonyl (C=O) groups excluding carboxylic acids is 1. The summed E-state index contributed by atoms with van der Waals surface area (Å²) in [7, 11) is 0. The topological polar surface area (TPSA) is 78.4 Å². The highest BCUT2D eigenvalue weighted by Crippen LogP contribution is 2.28. The second kappa shape index (κ2) is 4.82. The van der Waals surface area contributed by atoms with Gasteiger partial charge >= 0.3 is 5.97 Å². The zero-order chi connectivity index (χ0) is 11.5. The van der Waals surface area contributed by atoms with Gasteiger partial charge < -0.3 is 15.7 Å². The largest absolute Gasteiger partial charge is 0.481 e. The molecule has 16 heavy (non-hydrogen) atoms. The summed E-state index contributed by atoms with van der Waals surface area (Å²) in [6, 6.07) is 0. The molecular weight excluding hydrogens is 208 g/mol. The lowest BCUT2D eigenvalue weighted by molar-refractivity contribution is -0.149. The van der Waals surface area contributed by atoms with Crippen LogP contribution in [0.25, 0.3) is 0 Å². The molecular formula is C11H18N2O3. The molecule has 0 aliphatic carbocycles. The van der Waals surface area contributed by atoms with Crippen molar-refractivity contribution in [1.82, 2.24) is 10.6 Å². The van der Waals surface area contributed by atoms with Crippen LogP contribution in [0.15, 0.2) is 0 Å². The number of nitrogens with one attached hydrogen (secondary N) is 2. The van der Waals surface area contributed by atoms with Crippen molar-refractivity contribution in [2.24, 2.45) is 17.8 Å². The Morgan fingerprint density at radius 1 is 1.31 bits per heavy atom. The Labute approximate surface area is 94.6 Å². The van der Waals surface area contributed by atoms with E-state index in [0.29, 0.717) is 24.8 Å². The molecule has 0 saturated carbocycles. The number of amides is 1. The fourth-order valence-electron chi connectivity index (χ4n) is 2.70. The molecule has 90 valence electrons. The number of carboxylic acid groups (broad SMARTS) is 1. The van der Waals surface area contributed by atoms with E-state index < -0.39 is 11.9 Å². The van der Waals surface area contributed by atoms with E-state index in [1.807, 2.05) is 0 Å². The molecule has 0 radical (unpaired) electrons. The van der Waals surface area contributed by atoms with Crippen LogP contribution in [-0.4, -0.2) is 36.6 Å². The molecule has 2 aliphatic heterocycles. The predicted octanol–water partition coefficient (Wildman–Crippen LogP) is -0.177. The molecule has 5 heteroatoms. The Kier molecular flexibility index (Phi) is 3.43. The van der Waals surface area contributed by atoms with Crippen LogP contribution in [0.2, 0.25) is 0 Å². The van der Waals surface area contributed by atoms with E-state index in [1.54, 1.807) is 0 Å². The van der Waals surface area contributed by atoms with Crippen molar-refractivity contribution in [3.63, 3.8) is 0 Å². The lowest BCUT2D eigenvalue weighted by atomic mass is 9.78. The lowest BCUT2D eigenvalue weighted by Gasteiger charge is -2.35. The average molecular weight is 226 g/mol. The highest BCUT2D eigenvalue weighted by atomic mass is 16.4. The first-order chi connectivity index (χ1) is 7.68. The van der Waals surface area contributed by atoms with Gasteiger partial charge in [0.05, 0.1) is 0 Å². The molecule has 0 spiro atoms. The van der Waals surface area contributed by atoms with Crippen LogP contribution >= 0.6 is 0 Å². The van der Waals surface area contributed by atoms with Crippen molar-refractivity contribution in [2.75, 3.05) is 19.6 Å². The van der Waals surface area contributed by atoms with Crippen LogP contribution in [0.3, 0.4) is 0 Å². The molecule has 0 bridgehead atoms. The summed E-state index contributed by atoms with van der Waals surface area (Å²) in [6.45, 7) is 2.64. The van der Waals surface area contributed by atoms with Gasteiger partial charge in [-0.1, -0.05) is 0 Å². The molecule has 2 rings (SSSR count). The zero-order valence-electron chi connectivity index (χ0n) is 9.24. The zero-order valence-corrected chi connectivity index (χ0v) is 9.24. The minimum atomic E-state index is -0.994. The van der Waals surface area contributed by atoms with E-state index in [4.69, 9.17) is 5.11 Å². The standard InChI is InChI=1S/C11H18N2O3/c14-10-9(11(15)16)4-8(6-13-10)7-2-1-3-12-5-7/h7-9,12H,1-6H2,(H,13,14)(H,15,16). The molecule has 0 aromatic carbocycles. The first-order valence-corrected chi connectivity index (χ1v) is 5.89. The maximum atomic E-state index is 11.4. The molecule has 3 unspecified atom stereocenters. The van der Waals surface area contributed by atoms with Gasteiger partial charge in [-0.25, -0.2) is 0 Å². The third kappa shape index (κ3) is 2.35. The molecule has 3 N–H and O–H groups in total. The third-order valence-electron chi connectivity index (χ3n) is 3.69. The number of piperidine rings is 2. The van der Waals surface area contributed by atoms with Gasteiger partial charge in [0.2, 0.25) is 5.91 Å².